The second kappa shape index (κ2) is 2.48. The number of aliphatic hydroxyl groups is 2. The van der Waals surface area contributed by atoms with Gasteiger partial charge < -0.3 is 10.2 Å². The van der Waals surface area contributed by atoms with Crippen LogP contribution in [0.15, 0.2) is 0 Å². The lowest BCUT2D eigenvalue weighted by Gasteiger charge is -2.37. The van der Waals surface area contributed by atoms with Crippen LogP contribution in [0.1, 0.15) is 33.6 Å². The first kappa shape index (κ1) is 9.47. The van der Waals surface area contributed by atoms with Gasteiger partial charge in [-0.1, -0.05) is 20.8 Å². The summed E-state index contributed by atoms with van der Waals surface area (Å²) in [6, 6.07) is 0. The van der Waals surface area contributed by atoms with E-state index in [1.54, 1.807) is 0 Å². The Morgan fingerprint density at radius 3 is 2.23 bits per heavy atom. The molecular weight excluding hydrogens is 164 g/mol. The molecule has 13 heavy (non-hydrogen) atoms. The molecule has 0 aromatic heterocycles. The third-order valence-corrected chi connectivity index (χ3v) is 5.16. The van der Waals surface area contributed by atoms with Crippen molar-refractivity contribution in [3.63, 3.8) is 0 Å². The SMILES string of the molecule is CC1(C)C2CCC1(C)C(O)C2CO. The molecule has 0 aliphatic heterocycles. The first-order valence-corrected chi connectivity index (χ1v) is 5.24. The van der Waals surface area contributed by atoms with Crippen molar-refractivity contribution in [2.75, 3.05) is 6.61 Å². The van der Waals surface area contributed by atoms with Crippen LogP contribution < -0.4 is 0 Å². The maximum Gasteiger partial charge on any atom is 0.0651 e. The number of fused-ring (bicyclic) bond motifs is 2. The zero-order valence-corrected chi connectivity index (χ0v) is 8.75. The Morgan fingerprint density at radius 2 is 1.92 bits per heavy atom. The molecule has 0 amide bonds. The minimum atomic E-state index is -0.300. The maximum absolute atomic E-state index is 10.1. The van der Waals surface area contributed by atoms with Gasteiger partial charge in [-0.25, -0.2) is 0 Å². The van der Waals surface area contributed by atoms with Crippen LogP contribution in [-0.4, -0.2) is 22.9 Å². The average Bonchev–Trinajstić information content (AvgIpc) is 2.36. The van der Waals surface area contributed by atoms with Crippen LogP contribution in [0, 0.1) is 22.7 Å². The summed E-state index contributed by atoms with van der Waals surface area (Å²) in [5.41, 5.74) is 0.227. The Bertz CT molecular complexity index is 224. The highest BCUT2D eigenvalue weighted by atomic mass is 16.3. The summed E-state index contributed by atoms with van der Waals surface area (Å²) in [4.78, 5) is 0. The summed E-state index contributed by atoms with van der Waals surface area (Å²) in [6.45, 7) is 6.80. The highest BCUT2D eigenvalue weighted by molar-refractivity contribution is 5.14. The van der Waals surface area contributed by atoms with E-state index in [1.165, 1.54) is 6.42 Å². The summed E-state index contributed by atoms with van der Waals surface area (Å²) in [5.74, 6) is 0.631. The molecule has 2 fully saturated rings. The molecule has 2 rings (SSSR count). The normalized spacial score (nSPS) is 52.8. The van der Waals surface area contributed by atoms with Crippen molar-refractivity contribution < 1.29 is 10.2 Å². The van der Waals surface area contributed by atoms with Crippen molar-refractivity contribution in [1.82, 2.24) is 0 Å². The number of aliphatic hydroxyl groups excluding tert-OH is 2. The molecule has 0 spiro atoms. The van der Waals surface area contributed by atoms with Crippen molar-refractivity contribution in [3.8, 4) is 0 Å². The lowest BCUT2D eigenvalue weighted by Crippen LogP contribution is -2.38. The molecule has 0 radical (unpaired) electrons. The summed E-state index contributed by atoms with van der Waals surface area (Å²) in [6.07, 6.45) is 1.99. The van der Waals surface area contributed by atoms with Gasteiger partial charge in [0.15, 0.2) is 0 Å². The molecule has 2 aliphatic carbocycles. The predicted octanol–water partition coefficient (Wildman–Crippen LogP) is 1.41. The first-order chi connectivity index (χ1) is 5.95. The minimum Gasteiger partial charge on any atom is -0.396 e. The molecule has 0 heterocycles. The van der Waals surface area contributed by atoms with Crippen molar-refractivity contribution in [3.05, 3.63) is 0 Å². The molecule has 2 aliphatic rings. The summed E-state index contributed by atoms with van der Waals surface area (Å²) in [5, 5.41) is 19.4. The topological polar surface area (TPSA) is 40.5 Å². The molecule has 0 aromatic rings. The summed E-state index contributed by atoms with van der Waals surface area (Å²) >= 11 is 0. The molecule has 2 heteroatoms. The summed E-state index contributed by atoms with van der Waals surface area (Å²) < 4.78 is 0. The van der Waals surface area contributed by atoms with Gasteiger partial charge in [-0.05, 0) is 29.6 Å². The molecule has 0 aromatic carbocycles. The van der Waals surface area contributed by atoms with E-state index in [4.69, 9.17) is 0 Å². The zero-order chi connectivity index (χ0) is 9.85. The van der Waals surface area contributed by atoms with E-state index in [2.05, 4.69) is 20.8 Å². The van der Waals surface area contributed by atoms with E-state index in [9.17, 15) is 10.2 Å². The van der Waals surface area contributed by atoms with E-state index in [1.807, 2.05) is 0 Å². The second-order valence-corrected chi connectivity index (χ2v) is 5.58. The minimum absolute atomic E-state index is 0.0328. The van der Waals surface area contributed by atoms with Crippen LogP contribution in [-0.2, 0) is 0 Å². The van der Waals surface area contributed by atoms with Crippen LogP contribution in [0.3, 0.4) is 0 Å². The van der Waals surface area contributed by atoms with Gasteiger partial charge in [0.1, 0.15) is 0 Å². The molecule has 2 bridgehead atoms. The van der Waals surface area contributed by atoms with Gasteiger partial charge >= 0.3 is 0 Å². The lowest BCUT2D eigenvalue weighted by atomic mass is 9.70. The predicted molar refractivity (Wildman–Crippen MR) is 51.2 cm³/mol. The fourth-order valence-corrected chi connectivity index (χ4v) is 3.76. The van der Waals surface area contributed by atoms with Crippen LogP contribution in [0.25, 0.3) is 0 Å². The smallest absolute Gasteiger partial charge is 0.0651 e. The molecule has 4 unspecified atom stereocenters. The van der Waals surface area contributed by atoms with Crippen LogP contribution in [0.2, 0.25) is 0 Å². The van der Waals surface area contributed by atoms with Crippen molar-refractivity contribution >= 4 is 0 Å². The maximum atomic E-state index is 10.1. The Morgan fingerprint density at radius 1 is 1.31 bits per heavy atom. The van der Waals surface area contributed by atoms with Crippen molar-refractivity contribution in [1.29, 1.82) is 0 Å². The number of rotatable bonds is 1. The fraction of sp³-hybridized carbons (Fsp3) is 1.00. The van der Waals surface area contributed by atoms with Crippen molar-refractivity contribution in [2.45, 2.75) is 39.7 Å². The second-order valence-electron chi connectivity index (χ2n) is 5.58. The Kier molecular flexibility index (Phi) is 1.81. The highest BCUT2D eigenvalue weighted by Crippen LogP contribution is 2.67. The van der Waals surface area contributed by atoms with Gasteiger partial charge in [-0.2, -0.15) is 0 Å². The van der Waals surface area contributed by atoms with Crippen LogP contribution >= 0.6 is 0 Å². The quantitative estimate of drug-likeness (QED) is 0.647. The Balaban J connectivity index is 2.39. The molecule has 2 N–H and O–H groups in total. The molecule has 0 saturated heterocycles. The Labute approximate surface area is 80.0 Å². The van der Waals surface area contributed by atoms with E-state index in [-0.39, 0.29) is 29.5 Å². The van der Waals surface area contributed by atoms with Gasteiger partial charge in [0.05, 0.1) is 6.10 Å². The third kappa shape index (κ3) is 0.861. The third-order valence-electron chi connectivity index (χ3n) is 5.16. The van der Waals surface area contributed by atoms with Gasteiger partial charge in [-0.15, -0.1) is 0 Å². The Hall–Kier alpha value is -0.0800. The van der Waals surface area contributed by atoms with Gasteiger partial charge in [0, 0.05) is 12.5 Å². The zero-order valence-electron chi connectivity index (χ0n) is 8.75. The van der Waals surface area contributed by atoms with E-state index < -0.39 is 0 Å². The standard InChI is InChI=1S/C11H20O2/c1-10(2)8-4-5-11(10,3)9(13)7(8)6-12/h7-9,12-13H,4-6H2,1-3H3. The van der Waals surface area contributed by atoms with E-state index in [0.29, 0.717) is 5.92 Å². The monoisotopic (exact) mass is 184 g/mol. The number of hydrogen-bond acceptors (Lipinski definition) is 2. The first-order valence-electron chi connectivity index (χ1n) is 5.24. The van der Waals surface area contributed by atoms with E-state index >= 15 is 0 Å². The molecule has 4 atom stereocenters. The molecule has 2 saturated carbocycles. The number of hydrogen-bond donors (Lipinski definition) is 2. The van der Waals surface area contributed by atoms with E-state index in [0.717, 1.165) is 6.42 Å². The van der Waals surface area contributed by atoms with Gasteiger partial charge in [0.2, 0.25) is 0 Å². The molecular formula is C11H20O2. The summed E-state index contributed by atoms with van der Waals surface area (Å²) in [7, 11) is 0. The molecule has 2 nitrogen and oxygen atoms in total. The van der Waals surface area contributed by atoms with Crippen LogP contribution in [0.4, 0.5) is 0 Å². The fourth-order valence-electron chi connectivity index (χ4n) is 3.76. The van der Waals surface area contributed by atoms with Gasteiger partial charge in [0.25, 0.3) is 0 Å². The van der Waals surface area contributed by atoms with Crippen molar-refractivity contribution in [2.24, 2.45) is 22.7 Å². The average molecular weight is 184 g/mol. The largest absolute Gasteiger partial charge is 0.396 e. The van der Waals surface area contributed by atoms with Gasteiger partial charge in [-0.3, -0.25) is 0 Å². The lowest BCUT2D eigenvalue weighted by molar-refractivity contribution is -0.0236. The van der Waals surface area contributed by atoms with Crippen LogP contribution in [0.5, 0.6) is 0 Å². The molecule has 76 valence electrons. The highest BCUT2D eigenvalue weighted by Gasteiger charge is 2.65.